The number of hydrogen-bond acceptors (Lipinski definition) is 6. The predicted molar refractivity (Wildman–Crippen MR) is 113 cm³/mol. The minimum Gasteiger partial charge on any atom is -0.359 e. The third-order valence-electron chi connectivity index (χ3n) is 4.10. The number of halogens is 1. The lowest BCUT2D eigenvalue weighted by atomic mass is 10.2. The van der Waals surface area contributed by atoms with Crippen LogP contribution in [0.2, 0.25) is 0 Å². The van der Waals surface area contributed by atoms with Crippen LogP contribution in [0.1, 0.15) is 5.69 Å². The largest absolute Gasteiger partial charge is 0.359 e. The molecule has 142 valence electrons. The van der Waals surface area contributed by atoms with Crippen LogP contribution in [0, 0.1) is 12.7 Å². The normalized spacial score (nSPS) is 11.0. The van der Waals surface area contributed by atoms with Gasteiger partial charge in [-0.15, -0.1) is 0 Å². The highest BCUT2D eigenvalue weighted by Gasteiger charge is 2.10. The second-order valence-electron chi connectivity index (χ2n) is 6.19. The molecule has 0 saturated heterocycles. The van der Waals surface area contributed by atoms with Crippen molar-refractivity contribution in [1.29, 1.82) is 0 Å². The van der Waals surface area contributed by atoms with Crippen molar-refractivity contribution in [3.8, 4) is 0 Å². The van der Waals surface area contributed by atoms with Crippen molar-refractivity contribution < 1.29 is 4.39 Å². The third kappa shape index (κ3) is 3.92. The van der Waals surface area contributed by atoms with Crippen LogP contribution in [-0.2, 0) is 0 Å². The molecule has 0 fully saturated rings. The molecule has 4 N–H and O–H groups in total. The standard InChI is InChI=1S/C20H19FN6S/c1-12-10-15-16(24-12)6-7-17(19(15)21)26-18-8-9-23-20(27-18)25-13-4-3-5-14(11-13)28-22-2/h3-11,22,24H,1-2H3,(H2,23,25,26,27). The SMILES string of the molecule is CNSc1cccc(Nc2nccc(Nc3ccc4[nH]c(C)cc4c3F)n2)c1. The molecule has 0 amide bonds. The molecule has 4 rings (SSSR count). The van der Waals surface area contributed by atoms with Crippen LogP contribution in [0.4, 0.5) is 27.5 Å². The Kier molecular flexibility index (Phi) is 5.14. The first-order valence-electron chi connectivity index (χ1n) is 8.71. The molecule has 0 radical (unpaired) electrons. The number of aromatic amines is 1. The summed E-state index contributed by atoms with van der Waals surface area (Å²) in [5, 5.41) is 6.76. The first kappa shape index (κ1) is 18.3. The molecule has 0 unspecified atom stereocenters. The Balaban J connectivity index is 1.56. The van der Waals surface area contributed by atoms with Gasteiger partial charge in [-0.3, -0.25) is 4.72 Å². The number of rotatable bonds is 6. The summed E-state index contributed by atoms with van der Waals surface area (Å²) in [6.07, 6.45) is 1.63. The molecule has 0 aliphatic rings. The van der Waals surface area contributed by atoms with Crippen LogP contribution in [0.15, 0.2) is 59.6 Å². The minimum absolute atomic E-state index is 0.313. The first-order chi connectivity index (χ1) is 13.6. The second-order valence-corrected chi connectivity index (χ2v) is 7.27. The fourth-order valence-corrected chi connectivity index (χ4v) is 3.48. The maximum atomic E-state index is 14.8. The molecule has 2 heterocycles. The van der Waals surface area contributed by atoms with Gasteiger partial charge in [0, 0.05) is 33.4 Å². The summed E-state index contributed by atoms with van der Waals surface area (Å²) in [6, 6.07) is 14.9. The molecule has 4 aromatic rings. The van der Waals surface area contributed by atoms with Crippen molar-refractivity contribution in [2.75, 3.05) is 17.7 Å². The van der Waals surface area contributed by atoms with Crippen molar-refractivity contribution in [1.82, 2.24) is 19.7 Å². The molecule has 2 aromatic heterocycles. The zero-order valence-corrected chi connectivity index (χ0v) is 16.2. The summed E-state index contributed by atoms with van der Waals surface area (Å²) >= 11 is 1.52. The Morgan fingerprint density at radius 1 is 1.07 bits per heavy atom. The van der Waals surface area contributed by atoms with Gasteiger partial charge in [0.05, 0.1) is 5.69 Å². The topological polar surface area (TPSA) is 77.7 Å². The second kappa shape index (κ2) is 7.87. The smallest absolute Gasteiger partial charge is 0.229 e. The van der Waals surface area contributed by atoms with Gasteiger partial charge in [-0.2, -0.15) is 4.98 Å². The lowest BCUT2D eigenvalue weighted by Crippen LogP contribution is -2.01. The average molecular weight is 394 g/mol. The van der Waals surface area contributed by atoms with E-state index in [2.05, 4.69) is 30.3 Å². The number of nitrogens with one attached hydrogen (secondary N) is 4. The fourth-order valence-electron chi connectivity index (χ4n) is 2.92. The van der Waals surface area contributed by atoms with E-state index in [9.17, 15) is 4.39 Å². The van der Waals surface area contributed by atoms with Gasteiger partial charge in [0.2, 0.25) is 5.95 Å². The van der Waals surface area contributed by atoms with Crippen LogP contribution >= 0.6 is 11.9 Å². The van der Waals surface area contributed by atoms with Gasteiger partial charge in [0.1, 0.15) is 5.82 Å². The highest BCUT2D eigenvalue weighted by molar-refractivity contribution is 7.97. The van der Waals surface area contributed by atoms with Crippen molar-refractivity contribution in [3.05, 3.63) is 66.2 Å². The highest BCUT2D eigenvalue weighted by Crippen LogP contribution is 2.27. The Morgan fingerprint density at radius 3 is 2.82 bits per heavy atom. The van der Waals surface area contributed by atoms with Crippen LogP contribution in [-0.4, -0.2) is 22.0 Å². The minimum atomic E-state index is -0.313. The van der Waals surface area contributed by atoms with Crippen molar-refractivity contribution >= 4 is 46.0 Å². The van der Waals surface area contributed by atoms with Gasteiger partial charge in [0.15, 0.2) is 5.82 Å². The van der Waals surface area contributed by atoms with E-state index >= 15 is 0 Å². The average Bonchev–Trinajstić information content (AvgIpc) is 3.06. The maximum Gasteiger partial charge on any atom is 0.229 e. The van der Waals surface area contributed by atoms with Gasteiger partial charge >= 0.3 is 0 Å². The molecule has 2 aromatic carbocycles. The molecule has 0 aliphatic heterocycles. The van der Waals surface area contributed by atoms with E-state index < -0.39 is 0 Å². The maximum absolute atomic E-state index is 14.8. The molecule has 0 aliphatic carbocycles. The highest BCUT2D eigenvalue weighted by atomic mass is 32.2. The van der Waals surface area contributed by atoms with Crippen molar-refractivity contribution in [2.45, 2.75) is 11.8 Å². The number of hydrogen-bond donors (Lipinski definition) is 4. The van der Waals surface area contributed by atoms with E-state index in [1.165, 1.54) is 11.9 Å². The monoisotopic (exact) mass is 394 g/mol. The molecule has 6 nitrogen and oxygen atoms in total. The lowest BCUT2D eigenvalue weighted by Gasteiger charge is -2.10. The predicted octanol–water partition coefficient (Wildman–Crippen LogP) is 5.12. The zero-order chi connectivity index (χ0) is 19.5. The molecule has 0 atom stereocenters. The van der Waals surface area contributed by atoms with E-state index in [4.69, 9.17) is 0 Å². The van der Waals surface area contributed by atoms with E-state index in [0.29, 0.717) is 22.8 Å². The van der Waals surface area contributed by atoms with E-state index in [1.807, 2.05) is 44.3 Å². The van der Waals surface area contributed by atoms with Crippen LogP contribution in [0.5, 0.6) is 0 Å². The Labute approximate surface area is 166 Å². The summed E-state index contributed by atoms with van der Waals surface area (Å²) in [5.74, 6) is 0.617. The number of nitrogens with zero attached hydrogens (tertiary/aromatic N) is 2. The molecular formula is C20H19FN6S. The number of aromatic nitrogens is 3. The number of anilines is 4. The summed E-state index contributed by atoms with van der Waals surface area (Å²) < 4.78 is 17.8. The van der Waals surface area contributed by atoms with E-state index in [0.717, 1.165) is 21.8 Å². The van der Waals surface area contributed by atoms with Crippen molar-refractivity contribution in [2.24, 2.45) is 0 Å². The van der Waals surface area contributed by atoms with Gasteiger partial charge in [-0.1, -0.05) is 6.07 Å². The summed E-state index contributed by atoms with van der Waals surface area (Å²) in [6.45, 7) is 1.90. The fraction of sp³-hybridized carbons (Fsp3) is 0.100. The molecule has 28 heavy (non-hydrogen) atoms. The zero-order valence-electron chi connectivity index (χ0n) is 15.4. The van der Waals surface area contributed by atoms with E-state index in [1.54, 1.807) is 24.4 Å². The van der Waals surface area contributed by atoms with Gasteiger partial charge in [0.25, 0.3) is 0 Å². The quantitative estimate of drug-likeness (QED) is 0.340. The number of benzene rings is 2. The summed E-state index contributed by atoms with van der Waals surface area (Å²) in [5.41, 5.74) is 2.92. The number of aryl methyl sites for hydroxylation is 1. The van der Waals surface area contributed by atoms with Crippen LogP contribution in [0.25, 0.3) is 10.9 Å². The first-order valence-corrected chi connectivity index (χ1v) is 9.52. The molecule has 0 spiro atoms. The molecular weight excluding hydrogens is 375 g/mol. The Hall–Kier alpha value is -3.10. The number of fused-ring (bicyclic) bond motifs is 1. The van der Waals surface area contributed by atoms with Crippen LogP contribution in [0.3, 0.4) is 0 Å². The summed E-state index contributed by atoms with van der Waals surface area (Å²) in [7, 11) is 1.87. The van der Waals surface area contributed by atoms with Gasteiger partial charge < -0.3 is 15.6 Å². The molecule has 0 saturated carbocycles. The van der Waals surface area contributed by atoms with Crippen molar-refractivity contribution in [3.63, 3.8) is 0 Å². The molecule has 0 bridgehead atoms. The lowest BCUT2D eigenvalue weighted by molar-refractivity contribution is 0.644. The Bertz CT molecular complexity index is 1130. The summed E-state index contributed by atoms with van der Waals surface area (Å²) in [4.78, 5) is 12.9. The van der Waals surface area contributed by atoms with Gasteiger partial charge in [-0.05, 0) is 68.4 Å². The van der Waals surface area contributed by atoms with Gasteiger partial charge in [-0.25, -0.2) is 9.37 Å². The Morgan fingerprint density at radius 2 is 1.96 bits per heavy atom. The number of H-pyrrole nitrogens is 1. The van der Waals surface area contributed by atoms with Crippen LogP contribution < -0.4 is 15.4 Å². The molecule has 8 heteroatoms. The third-order valence-corrected chi connectivity index (χ3v) is 4.79. The van der Waals surface area contributed by atoms with E-state index in [-0.39, 0.29) is 5.82 Å².